The number of methoxy groups -OCH3 is 1. The Morgan fingerprint density at radius 3 is 2.81 bits per heavy atom. The van der Waals surface area contributed by atoms with Gasteiger partial charge in [0.25, 0.3) is 0 Å². The Hall–Kier alpha value is -1.39. The van der Waals surface area contributed by atoms with Gasteiger partial charge < -0.3 is 14.2 Å². The van der Waals surface area contributed by atoms with E-state index in [1.165, 1.54) is 7.11 Å². The predicted molar refractivity (Wildman–Crippen MR) is 56.9 cm³/mol. The normalized spacial score (nSPS) is 22.8. The monoisotopic (exact) mass is 222 g/mol. The first kappa shape index (κ1) is 11.1. The summed E-state index contributed by atoms with van der Waals surface area (Å²) >= 11 is 0. The van der Waals surface area contributed by atoms with Gasteiger partial charge in [-0.1, -0.05) is 30.3 Å². The Morgan fingerprint density at radius 1 is 1.38 bits per heavy atom. The lowest BCUT2D eigenvalue weighted by Gasteiger charge is -1.99. The van der Waals surface area contributed by atoms with Crippen LogP contribution in [-0.4, -0.2) is 32.4 Å². The molecule has 0 saturated carbocycles. The predicted octanol–water partition coefficient (Wildman–Crippen LogP) is 1.32. The van der Waals surface area contributed by atoms with Crippen LogP contribution < -0.4 is 0 Å². The summed E-state index contributed by atoms with van der Waals surface area (Å²) in [5.41, 5.74) is 1.15. The molecule has 1 fully saturated rings. The molecule has 0 N–H and O–H groups in total. The van der Waals surface area contributed by atoms with Crippen molar-refractivity contribution in [1.29, 1.82) is 0 Å². The highest BCUT2D eigenvalue weighted by Crippen LogP contribution is 2.38. The molecular weight excluding hydrogens is 208 g/mol. The lowest BCUT2D eigenvalue weighted by molar-refractivity contribution is -0.146. The maximum atomic E-state index is 10.8. The van der Waals surface area contributed by atoms with Crippen LogP contribution in [0.5, 0.6) is 0 Å². The van der Waals surface area contributed by atoms with Crippen LogP contribution in [-0.2, 0) is 19.0 Å². The summed E-state index contributed by atoms with van der Waals surface area (Å²) in [7, 11) is 1.34. The Labute approximate surface area is 94.1 Å². The van der Waals surface area contributed by atoms with Crippen molar-refractivity contribution < 1.29 is 19.0 Å². The average Bonchev–Trinajstić information content (AvgIpc) is 3.09. The van der Waals surface area contributed by atoms with Crippen LogP contribution in [0.2, 0.25) is 0 Å². The van der Waals surface area contributed by atoms with Crippen LogP contribution in [0.3, 0.4) is 0 Å². The van der Waals surface area contributed by atoms with Gasteiger partial charge in [0.05, 0.1) is 13.7 Å². The molecule has 0 aliphatic carbocycles. The zero-order valence-electron chi connectivity index (χ0n) is 9.09. The fourth-order valence-corrected chi connectivity index (χ4v) is 1.52. The van der Waals surface area contributed by atoms with Gasteiger partial charge in [0.15, 0.2) is 0 Å². The number of rotatable bonds is 5. The molecule has 2 unspecified atom stereocenters. The molecule has 0 amide bonds. The number of esters is 1. The van der Waals surface area contributed by atoms with Crippen LogP contribution in [0.1, 0.15) is 11.7 Å². The first-order valence-corrected chi connectivity index (χ1v) is 5.16. The van der Waals surface area contributed by atoms with Gasteiger partial charge in [0.1, 0.15) is 18.8 Å². The molecule has 4 heteroatoms. The molecule has 1 aliphatic heterocycles. The van der Waals surface area contributed by atoms with Crippen molar-refractivity contribution in [2.75, 3.05) is 20.3 Å². The van der Waals surface area contributed by atoms with Gasteiger partial charge in [-0.05, 0) is 5.56 Å². The first-order chi connectivity index (χ1) is 7.81. The smallest absolute Gasteiger partial charge is 0.331 e. The standard InChI is InChI=1S/C12H14O4/c1-14-11(13)8-15-7-10-12(16-10)9-5-3-2-4-6-9/h2-6,10,12H,7-8H2,1H3. The van der Waals surface area contributed by atoms with Crippen molar-refractivity contribution in [3.8, 4) is 0 Å². The Morgan fingerprint density at radius 2 is 2.12 bits per heavy atom. The highest BCUT2D eigenvalue weighted by atomic mass is 16.6. The molecule has 0 bridgehead atoms. The molecule has 0 spiro atoms. The van der Waals surface area contributed by atoms with E-state index in [9.17, 15) is 4.79 Å². The third-order valence-corrected chi connectivity index (χ3v) is 2.44. The topological polar surface area (TPSA) is 48.1 Å². The minimum absolute atomic E-state index is 0.0160. The summed E-state index contributed by atoms with van der Waals surface area (Å²) in [6, 6.07) is 9.96. The molecule has 0 radical (unpaired) electrons. The van der Waals surface area contributed by atoms with Crippen molar-refractivity contribution in [3.05, 3.63) is 35.9 Å². The summed E-state index contributed by atoms with van der Waals surface area (Å²) < 4.78 is 15.1. The Kier molecular flexibility index (Phi) is 3.54. The number of ether oxygens (including phenoxy) is 3. The molecular formula is C12H14O4. The van der Waals surface area contributed by atoms with Crippen LogP contribution >= 0.6 is 0 Å². The molecule has 1 heterocycles. The third-order valence-electron chi connectivity index (χ3n) is 2.44. The second-order valence-electron chi connectivity index (χ2n) is 3.60. The van der Waals surface area contributed by atoms with E-state index in [1.54, 1.807) is 0 Å². The third kappa shape index (κ3) is 2.81. The molecule has 2 rings (SSSR count). The van der Waals surface area contributed by atoms with Crippen LogP contribution in [0.25, 0.3) is 0 Å². The maximum absolute atomic E-state index is 10.8. The number of carbonyl (C=O) groups is 1. The van der Waals surface area contributed by atoms with E-state index < -0.39 is 0 Å². The summed E-state index contributed by atoms with van der Waals surface area (Å²) in [6.45, 7) is 0.409. The second kappa shape index (κ2) is 5.09. The van der Waals surface area contributed by atoms with E-state index in [2.05, 4.69) is 4.74 Å². The van der Waals surface area contributed by atoms with Crippen LogP contribution in [0, 0.1) is 0 Å². The fourth-order valence-electron chi connectivity index (χ4n) is 1.52. The van der Waals surface area contributed by atoms with Gasteiger partial charge in [0, 0.05) is 0 Å². The molecule has 1 aromatic rings. The number of benzene rings is 1. The van der Waals surface area contributed by atoms with E-state index >= 15 is 0 Å². The van der Waals surface area contributed by atoms with E-state index in [-0.39, 0.29) is 24.8 Å². The molecule has 2 atom stereocenters. The van der Waals surface area contributed by atoms with Crippen LogP contribution in [0.4, 0.5) is 0 Å². The number of epoxide rings is 1. The van der Waals surface area contributed by atoms with Gasteiger partial charge in [-0.2, -0.15) is 0 Å². The van der Waals surface area contributed by atoms with Crippen molar-refractivity contribution in [3.63, 3.8) is 0 Å². The molecule has 4 nitrogen and oxygen atoms in total. The number of hydrogen-bond donors (Lipinski definition) is 0. The van der Waals surface area contributed by atoms with E-state index in [0.29, 0.717) is 6.61 Å². The minimum Gasteiger partial charge on any atom is -0.467 e. The fraction of sp³-hybridized carbons (Fsp3) is 0.417. The van der Waals surface area contributed by atoms with Gasteiger partial charge in [-0.3, -0.25) is 0 Å². The number of hydrogen-bond acceptors (Lipinski definition) is 4. The molecule has 1 aliphatic rings. The zero-order valence-corrected chi connectivity index (χ0v) is 9.09. The van der Waals surface area contributed by atoms with Crippen molar-refractivity contribution >= 4 is 5.97 Å². The Balaban J connectivity index is 1.70. The SMILES string of the molecule is COC(=O)COCC1OC1c1ccccc1. The highest BCUT2D eigenvalue weighted by molar-refractivity contribution is 5.70. The van der Waals surface area contributed by atoms with Gasteiger partial charge >= 0.3 is 5.97 Å². The largest absolute Gasteiger partial charge is 0.467 e. The van der Waals surface area contributed by atoms with E-state index in [1.807, 2.05) is 30.3 Å². The van der Waals surface area contributed by atoms with Gasteiger partial charge in [0.2, 0.25) is 0 Å². The van der Waals surface area contributed by atoms with Crippen molar-refractivity contribution in [1.82, 2.24) is 0 Å². The molecule has 1 aromatic carbocycles. The lowest BCUT2D eigenvalue weighted by atomic mass is 10.1. The van der Waals surface area contributed by atoms with Gasteiger partial charge in [-0.25, -0.2) is 4.79 Å². The summed E-state index contributed by atoms with van der Waals surface area (Å²) in [6.07, 6.45) is 0.172. The summed E-state index contributed by atoms with van der Waals surface area (Å²) in [4.78, 5) is 10.8. The number of carbonyl (C=O) groups excluding carboxylic acids is 1. The maximum Gasteiger partial charge on any atom is 0.331 e. The molecule has 86 valence electrons. The minimum atomic E-state index is -0.364. The average molecular weight is 222 g/mol. The summed E-state index contributed by atoms with van der Waals surface area (Å²) in [5.74, 6) is -0.364. The highest BCUT2D eigenvalue weighted by Gasteiger charge is 2.40. The lowest BCUT2D eigenvalue weighted by Crippen LogP contribution is -2.13. The van der Waals surface area contributed by atoms with Gasteiger partial charge in [-0.15, -0.1) is 0 Å². The quantitative estimate of drug-likeness (QED) is 0.557. The molecule has 1 saturated heterocycles. The first-order valence-electron chi connectivity index (χ1n) is 5.16. The van der Waals surface area contributed by atoms with Crippen LogP contribution in [0.15, 0.2) is 30.3 Å². The van der Waals surface area contributed by atoms with Crippen molar-refractivity contribution in [2.45, 2.75) is 12.2 Å². The summed E-state index contributed by atoms with van der Waals surface area (Å²) in [5, 5.41) is 0. The molecule has 16 heavy (non-hydrogen) atoms. The zero-order chi connectivity index (χ0) is 11.4. The molecule has 0 aromatic heterocycles. The van der Waals surface area contributed by atoms with E-state index in [4.69, 9.17) is 9.47 Å². The second-order valence-corrected chi connectivity index (χ2v) is 3.60. The Bertz CT molecular complexity index is 349. The van der Waals surface area contributed by atoms with E-state index in [0.717, 1.165) is 5.56 Å². The van der Waals surface area contributed by atoms with Crippen molar-refractivity contribution in [2.24, 2.45) is 0 Å².